The molecular formula is C48H74NO11P. The first-order valence-electron chi connectivity index (χ1n) is 22.0. The van der Waals surface area contributed by atoms with E-state index in [0.717, 1.165) is 64.2 Å². The number of esters is 2. The summed E-state index contributed by atoms with van der Waals surface area (Å²) < 4.78 is 38.3. The van der Waals surface area contributed by atoms with E-state index in [4.69, 9.17) is 29.6 Å². The molecule has 0 radical (unpaired) electrons. The largest absolute Gasteiger partial charge is 0.480 e. The fraction of sp³-hybridized carbons (Fsp3) is 0.562. The molecule has 1 aliphatic rings. The molecule has 0 spiro atoms. The summed E-state index contributed by atoms with van der Waals surface area (Å²) in [7, 11) is -4.76. The van der Waals surface area contributed by atoms with E-state index in [-0.39, 0.29) is 25.0 Å². The maximum Gasteiger partial charge on any atom is 0.472 e. The summed E-state index contributed by atoms with van der Waals surface area (Å²) in [5, 5.41) is 8.90. The highest BCUT2D eigenvalue weighted by molar-refractivity contribution is 7.47. The molecule has 61 heavy (non-hydrogen) atoms. The molecule has 3 unspecified atom stereocenters. The molecule has 1 rings (SSSR count). The third-order valence-corrected chi connectivity index (χ3v) is 9.87. The first-order chi connectivity index (χ1) is 29.6. The van der Waals surface area contributed by atoms with Gasteiger partial charge in [-0.2, -0.15) is 0 Å². The fourth-order valence-corrected chi connectivity index (χ4v) is 6.14. The molecule has 12 nitrogen and oxygen atoms in total. The van der Waals surface area contributed by atoms with Gasteiger partial charge in [0.1, 0.15) is 12.6 Å². The number of aliphatic carboxylic acids is 1. The van der Waals surface area contributed by atoms with Crippen LogP contribution in [-0.2, 0) is 42.2 Å². The van der Waals surface area contributed by atoms with Crippen LogP contribution < -0.4 is 5.73 Å². The van der Waals surface area contributed by atoms with E-state index >= 15 is 0 Å². The van der Waals surface area contributed by atoms with Crippen molar-refractivity contribution in [3.8, 4) is 0 Å². The molecule has 0 aromatic rings. The fourth-order valence-electron chi connectivity index (χ4n) is 5.36. The van der Waals surface area contributed by atoms with Gasteiger partial charge in [-0.1, -0.05) is 136 Å². The highest BCUT2D eigenvalue weighted by atomic mass is 31.2. The average Bonchev–Trinajstić information content (AvgIpc) is 4.00. The summed E-state index contributed by atoms with van der Waals surface area (Å²) in [6.07, 6.45) is 52.0. The zero-order chi connectivity index (χ0) is 44.7. The van der Waals surface area contributed by atoms with E-state index in [1.807, 2.05) is 24.3 Å². The number of allylic oxidation sites excluding steroid dienone is 16. The number of rotatable bonds is 38. The minimum Gasteiger partial charge on any atom is -0.480 e. The Kier molecular flexibility index (Phi) is 34.2. The van der Waals surface area contributed by atoms with E-state index < -0.39 is 57.7 Å². The molecule has 1 saturated heterocycles. The maximum atomic E-state index is 12.7. The molecule has 1 fully saturated rings. The molecule has 5 atom stereocenters. The van der Waals surface area contributed by atoms with Gasteiger partial charge in [0.15, 0.2) is 6.10 Å². The number of unbranched alkanes of at least 4 members (excludes halogenated alkanes) is 4. The van der Waals surface area contributed by atoms with Crippen molar-refractivity contribution in [3.63, 3.8) is 0 Å². The van der Waals surface area contributed by atoms with Gasteiger partial charge in [0.05, 0.1) is 25.4 Å². The van der Waals surface area contributed by atoms with Crippen LogP contribution in [0.5, 0.6) is 0 Å². The summed E-state index contributed by atoms with van der Waals surface area (Å²) in [6.45, 7) is 2.49. The third-order valence-electron chi connectivity index (χ3n) is 8.92. The van der Waals surface area contributed by atoms with Gasteiger partial charge in [-0.25, -0.2) is 4.57 Å². The number of carboxylic acids is 1. The van der Waals surface area contributed by atoms with Crippen LogP contribution in [0.15, 0.2) is 109 Å². The standard InChI is InChI=1S/C48H74NO11P/c1-3-5-7-9-11-13-14-15-16-17-18-19-20-21-22-24-26-28-33-37-46(50)56-39-42(40-57-61(54,55)58-41-43(49)48(52)53)59-47(51)38-34-30-29-32-36-45-44(60-45)35-31-27-25-23-12-10-8-6-4-2/h5,7,11-13,15-16,18-19,21-23,26-29,31-32,42-45H,3-4,6,8-10,14,17,20,24-25,30,33-41,49H2,1-2H3,(H,52,53)(H,54,55)/b7-5-,13-11-,16-15-,19-18-,22-21-,23-12-,28-26-,31-27-,32-29-/t42-,43+,44?,45?/m1/s1. The minimum absolute atomic E-state index is 0.0542. The van der Waals surface area contributed by atoms with Gasteiger partial charge in [0.25, 0.3) is 0 Å². The Morgan fingerprint density at radius 2 is 1.08 bits per heavy atom. The molecule has 0 aliphatic carbocycles. The molecule has 4 N–H and O–H groups in total. The van der Waals surface area contributed by atoms with Crippen molar-refractivity contribution in [2.45, 2.75) is 154 Å². The van der Waals surface area contributed by atoms with Crippen molar-refractivity contribution in [3.05, 3.63) is 109 Å². The van der Waals surface area contributed by atoms with E-state index in [2.05, 4.69) is 103 Å². The molecule has 0 amide bonds. The van der Waals surface area contributed by atoms with E-state index in [1.54, 1.807) is 0 Å². The second kappa shape index (κ2) is 37.8. The van der Waals surface area contributed by atoms with Crippen LogP contribution in [0.25, 0.3) is 0 Å². The van der Waals surface area contributed by atoms with E-state index in [1.165, 1.54) is 19.3 Å². The SMILES string of the molecule is CC/C=C\C/C=C\C/C=C\C/C=C\C/C=C\C/C=C\CCC(=O)OC[C@H](COP(=O)(O)OC[C@H](N)C(=O)O)OC(=O)CCC/C=C\CC1OC1C/C=C\C/C=C\CCCCC. The quantitative estimate of drug-likeness (QED) is 0.0176. The molecule has 0 aromatic carbocycles. The predicted octanol–water partition coefficient (Wildman–Crippen LogP) is 10.8. The molecule has 1 aliphatic heterocycles. The molecule has 0 aromatic heterocycles. The average molecular weight is 872 g/mol. The highest BCUT2D eigenvalue weighted by Gasteiger charge is 2.36. The Labute approximate surface area is 365 Å². The van der Waals surface area contributed by atoms with Crippen LogP contribution in [0.3, 0.4) is 0 Å². The molecule has 13 heteroatoms. The molecular weight excluding hydrogens is 797 g/mol. The van der Waals surface area contributed by atoms with Crippen molar-refractivity contribution < 1.29 is 52.2 Å². The number of epoxide rings is 1. The second-order valence-corrected chi connectivity index (χ2v) is 15.9. The van der Waals surface area contributed by atoms with Crippen LogP contribution in [0.1, 0.15) is 129 Å². The summed E-state index contributed by atoms with van der Waals surface area (Å²) in [6, 6.07) is -1.55. The second-order valence-electron chi connectivity index (χ2n) is 14.5. The molecule has 342 valence electrons. The Hall–Kier alpha value is -3.90. The summed E-state index contributed by atoms with van der Waals surface area (Å²) in [5.41, 5.74) is 5.33. The number of carboxylic acid groups (broad SMARTS) is 1. The number of phosphoric acid groups is 1. The smallest absolute Gasteiger partial charge is 0.472 e. The lowest BCUT2D eigenvalue weighted by Gasteiger charge is -2.20. The summed E-state index contributed by atoms with van der Waals surface area (Å²) >= 11 is 0. The van der Waals surface area contributed by atoms with Crippen molar-refractivity contribution in [1.82, 2.24) is 0 Å². The number of phosphoric ester groups is 1. The van der Waals surface area contributed by atoms with Crippen LogP contribution in [-0.4, -0.2) is 72.1 Å². The summed E-state index contributed by atoms with van der Waals surface area (Å²) in [5.74, 6) is -2.59. The highest BCUT2D eigenvalue weighted by Crippen LogP contribution is 2.43. The predicted molar refractivity (Wildman–Crippen MR) is 244 cm³/mol. The molecule has 1 heterocycles. The third kappa shape index (κ3) is 35.4. The van der Waals surface area contributed by atoms with Crippen molar-refractivity contribution in [2.75, 3.05) is 19.8 Å². The Bertz CT molecular complexity index is 1510. The zero-order valence-corrected chi connectivity index (χ0v) is 37.5. The zero-order valence-electron chi connectivity index (χ0n) is 36.6. The van der Waals surface area contributed by atoms with Gasteiger partial charge in [0, 0.05) is 12.8 Å². The number of carbonyl (C=O) groups is 3. The van der Waals surface area contributed by atoms with Gasteiger partial charge in [0.2, 0.25) is 0 Å². The topological polar surface area (TPSA) is 184 Å². The first kappa shape index (κ1) is 55.1. The van der Waals surface area contributed by atoms with Crippen LogP contribution >= 0.6 is 7.82 Å². The van der Waals surface area contributed by atoms with Gasteiger partial charge < -0.3 is 29.9 Å². The lowest BCUT2D eigenvalue weighted by molar-refractivity contribution is -0.161. The summed E-state index contributed by atoms with van der Waals surface area (Å²) in [4.78, 5) is 46.0. The first-order valence-corrected chi connectivity index (χ1v) is 23.5. The minimum atomic E-state index is -4.76. The number of ether oxygens (including phenoxy) is 3. The number of hydrogen-bond acceptors (Lipinski definition) is 10. The number of hydrogen-bond donors (Lipinski definition) is 3. The van der Waals surface area contributed by atoms with Crippen molar-refractivity contribution >= 4 is 25.7 Å². The van der Waals surface area contributed by atoms with Crippen LogP contribution in [0.4, 0.5) is 0 Å². The van der Waals surface area contributed by atoms with E-state index in [0.29, 0.717) is 19.3 Å². The van der Waals surface area contributed by atoms with Crippen LogP contribution in [0, 0.1) is 0 Å². The molecule has 0 bridgehead atoms. The maximum absolute atomic E-state index is 12.7. The van der Waals surface area contributed by atoms with Gasteiger partial charge in [-0.15, -0.1) is 0 Å². The van der Waals surface area contributed by atoms with Crippen LogP contribution in [0.2, 0.25) is 0 Å². The number of nitrogens with two attached hydrogens (primary N) is 1. The van der Waals surface area contributed by atoms with E-state index in [9.17, 15) is 23.8 Å². The Balaban J connectivity index is 2.40. The Morgan fingerprint density at radius 1 is 0.607 bits per heavy atom. The van der Waals surface area contributed by atoms with Gasteiger partial charge >= 0.3 is 25.7 Å². The van der Waals surface area contributed by atoms with Gasteiger partial charge in [-0.05, 0) is 89.9 Å². The van der Waals surface area contributed by atoms with Crippen molar-refractivity contribution in [2.24, 2.45) is 5.73 Å². The monoisotopic (exact) mass is 871 g/mol. The Morgan fingerprint density at radius 3 is 1.64 bits per heavy atom. The van der Waals surface area contributed by atoms with Gasteiger partial charge in [-0.3, -0.25) is 23.4 Å². The lowest BCUT2D eigenvalue weighted by Crippen LogP contribution is -2.34. The van der Waals surface area contributed by atoms with Crippen molar-refractivity contribution in [1.29, 1.82) is 0 Å². The number of carbonyl (C=O) groups excluding carboxylic acids is 2. The molecule has 0 saturated carbocycles. The normalized spacial score (nSPS) is 18.0. The lowest BCUT2D eigenvalue weighted by atomic mass is 10.1.